The largest absolute Gasteiger partial charge is 0.421 e. The van der Waals surface area contributed by atoms with Gasteiger partial charge in [0.05, 0.1) is 12.7 Å². The third kappa shape index (κ3) is 5.82. The fraction of sp³-hybridized carbons (Fsp3) is 0.389. The van der Waals surface area contributed by atoms with Crippen LogP contribution >= 0.6 is 0 Å². The first-order valence-corrected chi connectivity index (χ1v) is 11.1. The van der Waals surface area contributed by atoms with Gasteiger partial charge in [-0.1, -0.05) is 6.07 Å². The second kappa shape index (κ2) is 8.67. The summed E-state index contributed by atoms with van der Waals surface area (Å²) in [5.74, 6) is -0.611. The lowest BCUT2D eigenvalue weighted by molar-refractivity contribution is -0.137. The predicted molar refractivity (Wildman–Crippen MR) is 110 cm³/mol. The van der Waals surface area contributed by atoms with E-state index in [-0.39, 0.29) is 37.8 Å². The van der Waals surface area contributed by atoms with Crippen LogP contribution in [-0.2, 0) is 27.4 Å². The third-order valence-corrected chi connectivity index (χ3v) is 5.91. The van der Waals surface area contributed by atoms with Crippen LogP contribution in [0.15, 0.2) is 24.4 Å². The summed E-state index contributed by atoms with van der Waals surface area (Å²) < 4.78 is 63.9. The number of sulfonamides is 1. The molecule has 1 aliphatic heterocycles. The van der Waals surface area contributed by atoms with Crippen LogP contribution in [-0.4, -0.2) is 55.0 Å². The Morgan fingerprint density at radius 2 is 2.03 bits per heavy atom. The van der Waals surface area contributed by atoms with E-state index >= 15 is 0 Å². The smallest absolute Gasteiger partial charge is 0.369 e. The molecule has 1 amide bonds. The summed E-state index contributed by atoms with van der Waals surface area (Å²) >= 11 is 0. The van der Waals surface area contributed by atoms with Crippen molar-refractivity contribution in [1.29, 1.82) is 0 Å². The number of rotatable bonds is 8. The average Bonchev–Trinajstić information content (AvgIpc) is 3.02. The van der Waals surface area contributed by atoms with Crippen LogP contribution in [0.25, 0.3) is 0 Å². The molecule has 3 N–H and O–H groups in total. The number of halogens is 3. The van der Waals surface area contributed by atoms with Crippen LogP contribution in [0.1, 0.15) is 17.5 Å². The van der Waals surface area contributed by atoms with Gasteiger partial charge in [0.1, 0.15) is 11.4 Å². The number of fused-ring (bicyclic) bond motifs is 1. The fourth-order valence-corrected chi connectivity index (χ4v) is 3.34. The highest BCUT2D eigenvalue weighted by atomic mass is 32.2. The first-order valence-electron chi connectivity index (χ1n) is 9.23. The molecule has 0 bridgehead atoms. The zero-order valence-corrected chi connectivity index (χ0v) is 17.6. The topological polar surface area (TPSA) is 116 Å². The van der Waals surface area contributed by atoms with Gasteiger partial charge in [-0.15, -0.1) is 0 Å². The molecule has 0 saturated carbocycles. The maximum absolute atomic E-state index is 13.3. The van der Waals surface area contributed by atoms with E-state index in [9.17, 15) is 26.4 Å². The molecule has 0 unspecified atom stereocenters. The highest BCUT2D eigenvalue weighted by Crippen LogP contribution is 2.34. The average molecular weight is 458 g/mol. The van der Waals surface area contributed by atoms with Gasteiger partial charge in [0, 0.05) is 37.7 Å². The number of aromatic nitrogens is 2. The molecule has 13 heteroatoms. The molecule has 0 atom stereocenters. The number of anilines is 4. The molecule has 0 spiro atoms. The molecule has 2 heterocycles. The van der Waals surface area contributed by atoms with E-state index in [4.69, 9.17) is 0 Å². The van der Waals surface area contributed by atoms with Crippen molar-refractivity contribution in [1.82, 2.24) is 14.3 Å². The second-order valence-corrected chi connectivity index (χ2v) is 9.13. The highest BCUT2D eigenvalue weighted by molar-refractivity contribution is 7.88. The van der Waals surface area contributed by atoms with Crippen molar-refractivity contribution < 1.29 is 26.4 Å². The summed E-state index contributed by atoms with van der Waals surface area (Å²) in [6.45, 7) is 0.217. The Hall–Kier alpha value is -2.93. The SMILES string of the molecule is CN(CCCNc1nc(Nc2ccc3c(c2)NC(=O)C3)ncc1C(F)(F)F)S(C)(=O)=O. The summed E-state index contributed by atoms with van der Waals surface area (Å²) in [7, 11) is -1.97. The summed E-state index contributed by atoms with van der Waals surface area (Å²) in [4.78, 5) is 19.1. The third-order valence-electron chi connectivity index (χ3n) is 4.59. The number of hydrogen-bond acceptors (Lipinski definition) is 7. The fourth-order valence-electron chi connectivity index (χ4n) is 2.88. The minimum atomic E-state index is -4.66. The first-order chi connectivity index (χ1) is 14.4. The zero-order chi connectivity index (χ0) is 22.8. The molecule has 0 radical (unpaired) electrons. The number of carbonyl (C=O) groups is 1. The van der Waals surface area contributed by atoms with E-state index in [0.29, 0.717) is 17.6 Å². The van der Waals surface area contributed by atoms with E-state index in [1.54, 1.807) is 18.2 Å². The highest BCUT2D eigenvalue weighted by Gasteiger charge is 2.35. The van der Waals surface area contributed by atoms with E-state index in [1.807, 2.05) is 0 Å². The zero-order valence-electron chi connectivity index (χ0n) is 16.7. The number of amides is 1. The Morgan fingerprint density at radius 1 is 1.29 bits per heavy atom. The Morgan fingerprint density at radius 3 is 2.71 bits per heavy atom. The molecule has 0 saturated heterocycles. The van der Waals surface area contributed by atoms with Crippen LogP contribution in [0.3, 0.4) is 0 Å². The Bertz CT molecular complexity index is 1090. The van der Waals surface area contributed by atoms with Gasteiger partial charge >= 0.3 is 6.18 Å². The van der Waals surface area contributed by atoms with Gasteiger partial charge in [0.25, 0.3) is 0 Å². The van der Waals surface area contributed by atoms with Crippen LogP contribution in [0.4, 0.5) is 36.3 Å². The van der Waals surface area contributed by atoms with Gasteiger partial charge in [-0.05, 0) is 24.1 Å². The van der Waals surface area contributed by atoms with Crippen molar-refractivity contribution in [3.63, 3.8) is 0 Å². The maximum atomic E-state index is 13.3. The molecule has 0 fully saturated rings. The van der Waals surface area contributed by atoms with Crippen LogP contribution in [0, 0.1) is 0 Å². The van der Waals surface area contributed by atoms with Gasteiger partial charge in [-0.25, -0.2) is 17.7 Å². The van der Waals surface area contributed by atoms with E-state index < -0.39 is 27.6 Å². The monoisotopic (exact) mass is 458 g/mol. The Kier molecular flexibility index (Phi) is 6.36. The molecule has 1 aromatic carbocycles. The number of carbonyl (C=O) groups excluding carboxylic acids is 1. The van der Waals surface area contributed by atoms with E-state index in [1.165, 1.54) is 7.05 Å². The van der Waals surface area contributed by atoms with Crippen LogP contribution < -0.4 is 16.0 Å². The van der Waals surface area contributed by atoms with Crippen LogP contribution in [0.2, 0.25) is 0 Å². The van der Waals surface area contributed by atoms with Crippen molar-refractivity contribution in [2.75, 3.05) is 42.3 Å². The Balaban J connectivity index is 1.73. The Labute approximate surface area is 177 Å². The molecule has 1 aromatic heterocycles. The molecule has 3 rings (SSSR count). The van der Waals surface area contributed by atoms with Gasteiger partial charge in [-0.3, -0.25) is 4.79 Å². The molecule has 0 aliphatic carbocycles. The molecule has 1 aliphatic rings. The lowest BCUT2D eigenvalue weighted by Gasteiger charge is -2.16. The lowest BCUT2D eigenvalue weighted by atomic mass is 10.1. The minimum absolute atomic E-state index is 0.0620. The number of benzene rings is 1. The molecule has 9 nitrogen and oxygen atoms in total. The standard InChI is InChI=1S/C18H21F3N6O3S/c1-27(31(2,29)30)7-3-6-22-16-13(18(19,20)21)10-23-17(26-16)24-12-5-4-11-8-15(28)25-14(11)9-12/h4-5,9-10H,3,6-8H2,1-2H3,(H,25,28)(H2,22,23,24,26). The molecule has 168 valence electrons. The van der Waals surface area contributed by atoms with E-state index in [0.717, 1.165) is 16.1 Å². The van der Waals surface area contributed by atoms with Gasteiger partial charge in [-0.2, -0.15) is 18.2 Å². The number of nitrogens with zero attached hydrogens (tertiary/aromatic N) is 3. The van der Waals surface area contributed by atoms with Crippen molar-refractivity contribution in [3.8, 4) is 0 Å². The summed E-state index contributed by atoms with van der Waals surface area (Å²) in [6.07, 6.45) is -2.39. The number of nitrogens with one attached hydrogen (secondary N) is 3. The van der Waals surface area contributed by atoms with Crippen LogP contribution in [0.5, 0.6) is 0 Å². The molecule has 31 heavy (non-hydrogen) atoms. The van der Waals surface area contributed by atoms with Crippen molar-refractivity contribution in [2.24, 2.45) is 0 Å². The first kappa shape index (κ1) is 22.7. The number of hydrogen-bond donors (Lipinski definition) is 3. The van der Waals surface area contributed by atoms with E-state index in [2.05, 4.69) is 25.9 Å². The predicted octanol–water partition coefficient (Wildman–Crippen LogP) is 2.43. The normalized spacial score (nSPS) is 13.8. The molecule has 2 aromatic rings. The van der Waals surface area contributed by atoms with Gasteiger partial charge < -0.3 is 16.0 Å². The van der Waals surface area contributed by atoms with Crippen molar-refractivity contribution in [2.45, 2.75) is 19.0 Å². The summed E-state index contributed by atoms with van der Waals surface area (Å²) in [5, 5.41) is 8.13. The quantitative estimate of drug-likeness (QED) is 0.520. The number of alkyl halides is 3. The van der Waals surface area contributed by atoms with Crippen molar-refractivity contribution in [3.05, 3.63) is 35.5 Å². The molecular weight excluding hydrogens is 437 g/mol. The van der Waals surface area contributed by atoms with Gasteiger partial charge in [0.2, 0.25) is 21.9 Å². The van der Waals surface area contributed by atoms with Gasteiger partial charge in [0.15, 0.2) is 0 Å². The second-order valence-electron chi connectivity index (χ2n) is 7.04. The maximum Gasteiger partial charge on any atom is 0.421 e. The minimum Gasteiger partial charge on any atom is -0.369 e. The summed E-state index contributed by atoms with van der Waals surface area (Å²) in [6, 6.07) is 5.06. The molecular formula is C18H21F3N6O3S. The summed E-state index contributed by atoms with van der Waals surface area (Å²) in [5.41, 5.74) is 0.915. The lowest BCUT2D eigenvalue weighted by Crippen LogP contribution is -2.28. The van der Waals surface area contributed by atoms with Crippen molar-refractivity contribution >= 4 is 39.1 Å².